The SMILES string of the molecule is CC1=Cc2c(C(C)C)cc(C)cc2[CH]1[Zr+2]([CH]1C(C)=Cc2c(C(C)C)cc(C)cc21)=[Si](C)C.[Cl-].[Cl-]. The van der Waals surface area contributed by atoms with Crippen LogP contribution in [0.25, 0.3) is 12.2 Å². The van der Waals surface area contributed by atoms with Crippen molar-refractivity contribution in [3.63, 3.8) is 0 Å². The molecule has 4 rings (SSSR count). The molecule has 0 saturated carbocycles. The molecule has 34 heavy (non-hydrogen) atoms. The largest absolute Gasteiger partial charge is 1.00 e. The maximum atomic E-state index is 2.63. The van der Waals surface area contributed by atoms with Crippen molar-refractivity contribution < 1.29 is 45.2 Å². The van der Waals surface area contributed by atoms with Crippen LogP contribution >= 0.6 is 0 Å². The van der Waals surface area contributed by atoms with Gasteiger partial charge in [-0.05, 0) is 0 Å². The van der Waals surface area contributed by atoms with Crippen molar-refractivity contribution in [2.75, 3.05) is 0 Å². The molecular formula is C30H40Cl2SiZr. The summed E-state index contributed by atoms with van der Waals surface area (Å²) in [6, 6.07) is 9.98. The minimum absolute atomic E-state index is 0. The van der Waals surface area contributed by atoms with Gasteiger partial charge in [-0.2, -0.15) is 0 Å². The fraction of sp³-hybridized carbons (Fsp3) is 0.467. The van der Waals surface area contributed by atoms with Gasteiger partial charge in [0, 0.05) is 0 Å². The predicted molar refractivity (Wildman–Crippen MR) is 141 cm³/mol. The summed E-state index contributed by atoms with van der Waals surface area (Å²) in [7, 11) is 0. The molecule has 2 aromatic carbocycles. The summed E-state index contributed by atoms with van der Waals surface area (Å²) in [5.41, 5.74) is 15.5. The number of rotatable bonds is 4. The van der Waals surface area contributed by atoms with Crippen LogP contribution in [0.15, 0.2) is 35.4 Å². The Morgan fingerprint density at radius 1 is 0.647 bits per heavy atom. The second-order valence-corrected chi connectivity index (χ2v) is 29.0. The van der Waals surface area contributed by atoms with E-state index in [1.54, 1.807) is 44.5 Å². The summed E-state index contributed by atoms with van der Waals surface area (Å²) in [5.74, 6) is 1.16. The topological polar surface area (TPSA) is 0 Å². The number of hydrogen-bond donors (Lipinski definition) is 0. The van der Waals surface area contributed by atoms with Gasteiger partial charge in [0.05, 0.1) is 0 Å². The molecule has 0 saturated heterocycles. The summed E-state index contributed by atoms with van der Waals surface area (Å²) in [4.78, 5) is 0. The van der Waals surface area contributed by atoms with E-state index in [2.05, 4.69) is 105 Å². The van der Waals surface area contributed by atoms with E-state index in [9.17, 15) is 0 Å². The average molecular weight is 591 g/mol. The second kappa shape index (κ2) is 11.3. The van der Waals surface area contributed by atoms with Crippen LogP contribution in [0.5, 0.6) is 0 Å². The summed E-state index contributed by atoms with van der Waals surface area (Å²) in [6.45, 7) is 24.2. The van der Waals surface area contributed by atoms with Crippen molar-refractivity contribution in [3.05, 3.63) is 79.9 Å². The molecule has 182 valence electrons. The minimum Gasteiger partial charge on any atom is -1.00 e. The Bertz CT molecular complexity index is 1110. The number of aryl methyl sites for hydroxylation is 2. The molecule has 2 atom stereocenters. The Labute approximate surface area is 228 Å². The molecule has 0 heterocycles. The van der Waals surface area contributed by atoms with Gasteiger partial charge in [0.25, 0.3) is 0 Å². The van der Waals surface area contributed by atoms with Gasteiger partial charge in [-0.1, -0.05) is 0 Å². The van der Waals surface area contributed by atoms with Crippen molar-refractivity contribution >= 4 is 17.6 Å². The fourth-order valence-corrected chi connectivity index (χ4v) is 26.8. The molecule has 0 fully saturated rings. The van der Waals surface area contributed by atoms with Crippen LogP contribution in [0.2, 0.25) is 13.1 Å². The van der Waals surface area contributed by atoms with E-state index in [4.69, 9.17) is 0 Å². The van der Waals surface area contributed by atoms with Gasteiger partial charge in [-0.15, -0.1) is 0 Å². The maximum Gasteiger partial charge on any atom is -1.00 e. The van der Waals surface area contributed by atoms with Crippen LogP contribution in [0.3, 0.4) is 0 Å². The standard InChI is InChI=1S/2C14H17.C2H6Si.2ClH.Zr/c2*1-9(2)13-7-10(3)5-12-6-11(4)8-14(12)13;1-3-2;;;/h2*5-9H,1-4H3;1-2H3;2*1H;/q;;;;;+2/p-2. The van der Waals surface area contributed by atoms with E-state index in [0.29, 0.717) is 11.8 Å². The van der Waals surface area contributed by atoms with Gasteiger partial charge in [0.1, 0.15) is 0 Å². The molecule has 0 amide bonds. The summed E-state index contributed by atoms with van der Waals surface area (Å²) < 4.78 is 1.46. The Morgan fingerprint density at radius 3 is 1.29 bits per heavy atom. The zero-order valence-electron chi connectivity index (χ0n) is 22.5. The fourth-order valence-electron chi connectivity index (χ4n) is 6.16. The third kappa shape index (κ3) is 5.18. The average Bonchev–Trinajstić information content (AvgIpc) is 3.17. The molecule has 0 bridgehead atoms. The van der Waals surface area contributed by atoms with Gasteiger partial charge in [-0.25, -0.2) is 0 Å². The van der Waals surface area contributed by atoms with E-state index < -0.39 is 20.4 Å². The number of benzene rings is 2. The van der Waals surface area contributed by atoms with Gasteiger partial charge >= 0.3 is 205 Å². The molecule has 2 unspecified atom stereocenters. The van der Waals surface area contributed by atoms with Crippen LogP contribution < -0.4 is 24.8 Å². The summed E-state index contributed by atoms with van der Waals surface area (Å²) >= 11 is -1.95. The third-order valence-electron chi connectivity index (χ3n) is 7.50. The zero-order chi connectivity index (χ0) is 23.5. The van der Waals surface area contributed by atoms with Crippen molar-refractivity contribution in [1.29, 1.82) is 0 Å². The quantitative estimate of drug-likeness (QED) is 0.481. The van der Waals surface area contributed by atoms with Crippen molar-refractivity contribution in [3.8, 4) is 0 Å². The second-order valence-electron chi connectivity index (χ2n) is 11.1. The molecular weight excluding hydrogens is 551 g/mol. The van der Waals surface area contributed by atoms with Gasteiger partial charge in [0.2, 0.25) is 0 Å². The molecule has 4 heteroatoms. The molecule has 0 N–H and O–H groups in total. The van der Waals surface area contributed by atoms with E-state index in [0.717, 1.165) is 7.25 Å². The van der Waals surface area contributed by atoms with Crippen LogP contribution in [0.1, 0.15) is 105 Å². The van der Waals surface area contributed by atoms with Gasteiger partial charge in [0.15, 0.2) is 0 Å². The molecule has 0 radical (unpaired) electrons. The van der Waals surface area contributed by atoms with Crippen LogP contribution in [-0.4, -0.2) is 5.43 Å². The molecule has 0 spiro atoms. The molecule has 0 aromatic heterocycles. The van der Waals surface area contributed by atoms with Crippen molar-refractivity contribution in [2.24, 2.45) is 0 Å². The Balaban J connectivity index is 0.00000204. The first-order valence-corrected chi connectivity index (χ1v) is 21.4. The van der Waals surface area contributed by atoms with Crippen LogP contribution in [-0.2, 0) is 20.4 Å². The molecule has 2 aliphatic rings. The van der Waals surface area contributed by atoms with Gasteiger partial charge in [-0.3, -0.25) is 0 Å². The van der Waals surface area contributed by atoms with Crippen molar-refractivity contribution in [2.45, 2.75) is 87.6 Å². The molecule has 0 aliphatic heterocycles. The number of fused-ring (bicyclic) bond motifs is 2. The molecule has 0 nitrogen and oxygen atoms in total. The summed E-state index contributed by atoms with van der Waals surface area (Å²) in [6.07, 6.45) is 5.15. The smallest absolute Gasteiger partial charge is 1.00 e. The van der Waals surface area contributed by atoms with E-state index >= 15 is 0 Å². The predicted octanol–water partition coefficient (Wildman–Crippen LogP) is 3.04. The molecule has 2 aliphatic carbocycles. The van der Waals surface area contributed by atoms with E-state index in [1.807, 2.05) is 0 Å². The molecule has 2 aromatic rings. The zero-order valence-corrected chi connectivity index (χ0v) is 27.5. The Hall–Kier alpha value is -0.400. The third-order valence-corrected chi connectivity index (χ3v) is 27.4. The first kappa shape index (κ1) is 29.8. The number of hydrogen-bond acceptors (Lipinski definition) is 0. The monoisotopic (exact) mass is 588 g/mol. The van der Waals surface area contributed by atoms with Crippen molar-refractivity contribution in [1.82, 2.24) is 0 Å². The van der Waals surface area contributed by atoms with E-state index in [1.165, 1.54) is 11.1 Å². The summed E-state index contributed by atoms with van der Waals surface area (Å²) in [5, 5.41) is 0. The number of halogens is 2. The van der Waals surface area contributed by atoms with E-state index in [-0.39, 0.29) is 30.2 Å². The first-order valence-electron chi connectivity index (χ1n) is 12.3. The normalized spacial score (nSPS) is 17.9. The van der Waals surface area contributed by atoms with Gasteiger partial charge < -0.3 is 24.8 Å². The minimum atomic E-state index is -1.95. The Morgan fingerprint density at radius 2 is 1.00 bits per heavy atom. The van der Waals surface area contributed by atoms with Crippen LogP contribution in [0, 0.1) is 13.8 Å². The number of allylic oxidation sites excluding steroid dienone is 2. The first-order chi connectivity index (χ1) is 15.0. The maximum absolute atomic E-state index is 2.63. The van der Waals surface area contributed by atoms with Crippen LogP contribution in [0.4, 0.5) is 0 Å². The Kier molecular flexibility index (Phi) is 9.94.